The Morgan fingerprint density at radius 2 is 1.90 bits per heavy atom. The van der Waals surface area contributed by atoms with Crippen molar-refractivity contribution in [1.82, 2.24) is 0 Å². The maximum atomic E-state index is 12.2. The zero-order valence-electron chi connectivity index (χ0n) is 10.9. The van der Waals surface area contributed by atoms with Crippen molar-refractivity contribution in [3.05, 3.63) is 46.0 Å². The quantitative estimate of drug-likeness (QED) is 0.438. The van der Waals surface area contributed by atoms with E-state index in [1.165, 1.54) is 0 Å². The largest absolute Gasteiger partial charge is 0.310 e. The van der Waals surface area contributed by atoms with Gasteiger partial charge in [0, 0.05) is 11.8 Å². The summed E-state index contributed by atoms with van der Waals surface area (Å²) in [5.41, 5.74) is 3.10. The molecule has 1 aromatic carbocycles. The van der Waals surface area contributed by atoms with Gasteiger partial charge in [-0.3, -0.25) is 14.8 Å². The highest BCUT2D eigenvalue weighted by atomic mass is 32.2. The Morgan fingerprint density at radius 1 is 1.29 bits per heavy atom. The number of sulfonamides is 1. The molecule has 0 saturated heterocycles. The van der Waals surface area contributed by atoms with E-state index in [4.69, 9.17) is 5.84 Å². The van der Waals surface area contributed by atoms with E-state index in [0.29, 0.717) is 17.0 Å². The number of anilines is 2. The minimum atomic E-state index is -3.90. The molecule has 2 rings (SSSR count). The smallest absolute Gasteiger partial charge is 0.306 e. The SMILES string of the molecule is Cc1ccc(NS(=O)(=O)c2cc([N+](=O)[O-])c(NN)s2)cc1. The summed E-state index contributed by atoms with van der Waals surface area (Å²) in [6.07, 6.45) is 0. The van der Waals surface area contributed by atoms with E-state index in [-0.39, 0.29) is 14.9 Å². The number of benzene rings is 1. The summed E-state index contributed by atoms with van der Waals surface area (Å²) in [5.74, 6) is 5.16. The van der Waals surface area contributed by atoms with Crippen molar-refractivity contribution < 1.29 is 13.3 Å². The molecular formula is C11H12N4O4S2. The molecule has 0 atom stereocenters. The molecule has 1 aromatic heterocycles. The molecule has 0 aliphatic rings. The van der Waals surface area contributed by atoms with E-state index >= 15 is 0 Å². The summed E-state index contributed by atoms with van der Waals surface area (Å²) in [7, 11) is -3.90. The van der Waals surface area contributed by atoms with Crippen LogP contribution < -0.4 is 16.0 Å². The molecule has 8 nitrogen and oxygen atoms in total. The first kappa shape index (κ1) is 15.2. The fraction of sp³-hybridized carbons (Fsp3) is 0.0909. The van der Waals surface area contributed by atoms with Gasteiger partial charge in [-0.1, -0.05) is 29.0 Å². The Balaban J connectivity index is 2.35. The van der Waals surface area contributed by atoms with Crippen molar-refractivity contribution in [2.45, 2.75) is 11.1 Å². The topological polar surface area (TPSA) is 127 Å². The van der Waals surface area contributed by atoms with E-state index in [2.05, 4.69) is 10.1 Å². The van der Waals surface area contributed by atoms with Crippen molar-refractivity contribution >= 4 is 37.7 Å². The van der Waals surface area contributed by atoms with Crippen LogP contribution in [0, 0.1) is 17.0 Å². The molecular weight excluding hydrogens is 316 g/mol. The monoisotopic (exact) mass is 328 g/mol. The van der Waals surface area contributed by atoms with Crippen LogP contribution in [0.5, 0.6) is 0 Å². The van der Waals surface area contributed by atoms with E-state index in [0.717, 1.165) is 11.6 Å². The molecule has 0 bridgehead atoms. The average molecular weight is 328 g/mol. The first-order chi connectivity index (χ1) is 9.83. The molecule has 4 N–H and O–H groups in total. The molecule has 0 spiro atoms. The molecule has 0 amide bonds. The van der Waals surface area contributed by atoms with Gasteiger partial charge in [0.1, 0.15) is 4.21 Å². The number of nitrogen functional groups attached to an aromatic ring is 1. The zero-order chi connectivity index (χ0) is 15.6. The third-order valence-corrected chi connectivity index (χ3v) is 5.50. The van der Waals surface area contributed by atoms with Crippen molar-refractivity contribution in [3.63, 3.8) is 0 Å². The van der Waals surface area contributed by atoms with E-state index in [9.17, 15) is 18.5 Å². The summed E-state index contributed by atoms with van der Waals surface area (Å²) in [6.45, 7) is 1.88. The highest BCUT2D eigenvalue weighted by Gasteiger charge is 2.25. The second-order valence-corrected chi connectivity index (χ2v) is 7.11. The molecule has 0 saturated carbocycles. The Kier molecular flexibility index (Phi) is 4.11. The minimum Gasteiger partial charge on any atom is -0.310 e. The molecule has 0 radical (unpaired) electrons. The van der Waals surface area contributed by atoms with Crippen molar-refractivity contribution in [2.24, 2.45) is 5.84 Å². The second kappa shape index (κ2) is 5.68. The number of nitro groups is 1. The van der Waals surface area contributed by atoms with Crippen LogP contribution in [0.3, 0.4) is 0 Å². The van der Waals surface area contributed by atoms with Crippen LogP contribution in [0.1, 0.15) is 5.56 Å². The van der Waals surface area contributed by atoms with E-state index < -0.39 is 14.9 Å². The van der Waals surface area contributed by atoms with Gasteiger partial charge in [-0.25, -0.2) is 14.3 Å². The number of hydrogen-bond acceptors (Lipinski definition) is 7. The number of hydrazine groups is 1. The molecule has 112 valence electrons. The summed E-state index contributed by atoms with van der Waals surface area (Å²) in [5, 5.41) is 10.8. The maximum Gasteiger partial charge on any atom is 0.306 e. The Labute approximate surface area is 124 Å². The third kappa shape index (κ3) is 3.29. The second-order valence-electron chi connectivity index (χ2n) is 4.15. The van der Waals surface area contributed by atoms with Gasteiger partial charge in [-0.2, -0.15) is 0 Å². The number of nitrogens with zero attached hydrogens (tertiary/aromatic N) is 1. The van der Waals surface area contributed by atoms with Gasteiger partial charge in [-0.05, 0) is 19.1 Å². The first-order valence-corrected chi connectivity index (χ1v) is 7.98. The maximum absolute atomic E-state index is 12.2. The molecule has 0 unspecified atom stereocenters. The van der Waals surface area contributed by atoms with E-state index in [1.807, 2.05) is 6.92 Å². The van der Waals surface area contributed by atoms with Gasteiger partial charge in [-0.15, -0.1) is 0 Å². The predicted octanol–water partition coefficient (Wildman–Crippen LogP) is 2.05. The number of hydrogen-bond donors (Lipinski definition) is 3. The van der Waals surface area contributed by atoms with Crippen LogP contribution in [-0.2, 0) is 10.0 Å². The minimum absolute atomic E-state index is 0.0238. The Hall–Kier alpha value is -2.17. The van der Waals surface area contributed by atoms with Gasteiger partial charge in [0.15, 0.2) is 5.00 Å². The molecule has 0 aliphatic carbocycles. The van der Waals surface area contributed by atoms with E-state index in [1.54, 1.807) is 24.3 Å². The highest BCUT2D eigenvalue weighted by molar-refractivity contribution is 7.94. The van der Waals surface area contributed by atoms with Crippen LogP contribution in [0.25, 0.3) is 0 Å². The summed E-state index contributed by atoms with van der Waals surface area (Å²) >= 11 is 0.689. The average Bonchev–Trinajstić information content (AvgIpc) is 2.86. The van der Waals surface area contributed by atoms with Crippen LogP contribution in [0.4, 0.5) is 16.4 Å². The highest BCUT2D eigenvalue weighted by Crippen LogP contribution is 2.36. The first-order valence-electron chi connectivity index (χ1n) is 5.68. The van der Waals surface area contributed by atoms with Gasteiger partial charge >= 0.3 is 5.69 Å². The van der Waals surface area contributed by atoms with Crippen molar-refractivity contribution in [3.8, 4) is 0 Å². The van der Waals surface area contributed by atoms with Crippen molar-refractivity contribution in [1.29, 1.82) is 0 Å². The Bertz CT molecular complexity index is 768. The van der Waals surface area contributed by atoms with Crippen LogP contribution >= 0.6 is 11.3 Å². The summed E-state index contributed by atoms with van der Waals surface area (Å²) in [4.78, 5) is 10.1. The summed E-state index contributed by atoms with van der Waals surface area (Å²) in [6, 6.07) is 7.69. The predicted molar refractivity (Wildman–Crippen MR) is 80.8 cm³/mol. The van der Waals surface area contributed by atoms with Gasteiger partial charge in [0.25, 0.3) is 10.0 Å². The summed E-state index contributed by atoms with van der Waals surface area (Å²) < 4.78 is 26.6. The van der Waals surface area contributed by atoms with Gasteiger partial charge in [0.2, 0.25) is 0 Å². The van der Waals surface area contributed by atoms with Crippen LogP contribution in [0.2, 0.25) is 0 Å². The normalized spacial score (nSPS) is 11.1. The third-order valence-electron chi connectivity index (χ3n) is 2.59. The van der Waals surface area contributed by atoms with Crippen LogP contribution in [0.15, 0.2) is 34.5 Å². The fourth-order valence-corrected chi connectivity index (χ4v) is 3.85. The number of nitrogens with two attached hydrogens (primary N) is 1. The zero-order valence-corrected chi connectivity index (χ0v) is 12.5. The number of thiophene rings is 1. The number of aryl methyl sites for hydroxylation is 1. The molecule has 10 heteroatoms. The number of nitrogens with one attached hydrogen (secondary N) is 2. The van der Waals surface area contributed by atoms with Gasteiger partial charge < -0.3 is 5.43 Å². The molecule has 0 aliphatic heterocycles. The lowest BCUT2D eigenvalue weighted by Gasteiger charge is -2.05. The molecule has 2 aromatic rings. The number of rotatable bonds is 5. The fourth-order valence-electron chi connectivity index (χ4n) is 1.56. The Morgan fingerprint density at radius 3 is 2.38 bits per heavy atom. The lowest BCUT2D eigenvalue weighted by molar-refractivity contribution is -0.383. The standard InChI is InChI=1S/C11H12N4O4S2/c1-7-2-4-8(5-3-7)14-21(18,19)10-6-9(15(16)17)11(13-12)20-10/h2-6,13-14H,12H2,1H3. The lowest BCUT2D eigenvalue weighted by atomic mass is 10.2. The molecule has 0 fully saturated rings. The lowest BCUT2D eigenvalue weighted by Crippen LogP contribution is -2.11. The van der Waals surface area contributed by atoms with Crippen LogP contribution in [-0.4, -0.2) is 13.3 Å². The van der Waals surface area contributed by atoms with Crippen molar-refractivity contribution in [2.75, 3.05) is 10.1 Å². The molecule has 21 heavy (non-hydrogen) atoms. The van der Waals surface area contributed by atoms with Gasteiger partial charge in [0.05, 0.1) is 4.92 Å². The molecule has 1 heterocycles.